The fraction of sp³-hybridized carbons (Fsp3) is 0.238. The summed E-state index contributed by atoms with van der Waals surface area (Å²) in [5.74, 6) is 0.727. The first-order valence-corrected chi connectivity index (χ1v) is 9.31. The molecule has 0 unspecified atom stereocenters. The average molecular weight is 392 g/mol. The van der Waals surface area contributed by atoms with Crippen LogP contribution in [0.5, 0.6) is 5.75 Å². The summed E-state index contributed by atoms with van der Waals surface area (Å²) in [6.07, 6.45) is 5.91. The molecule has 1 N–H and O–H groups in total. The Balaban J connectivity index is 1.46. The fourth-order valence-electron chi connectivity index (χ4n) is 2.99. The number of aromatic nitrogens is 3. The maximum absolute atomic E-state index is 12.5. The van der Waals surface area contributed by atoms with Gasteiger partial charge in [0, 0.05) is 43.0 Å². The Hall–Kier alpha value is -3.68. The molecule has 1 aromatic carbocycles. The van der Waals surface area contributed by atoms with E-state index in [2.05, 4.69) is 15.3 Å². The lowest BCUT2D eigenvalue weighted by atomic mass is 10.1. The zero-order valence-corrected chi connectivity index (χ0v) is 16.1. The lowest BCUT2D eigenvalue weighted by molar-refractivity contribution is 0.0950. The number of ether oxygens (including phenoxy) is 1. The first-order valence-electron chi connectivity index (χ1n) is 9.31. The molecule has 0 atom stereocenters. The minimum Gasteiger partial charge on any atom is -0.491 e. The van der Waals surface area contributed by atoms with Crippen molar-refractivity contribution < 1.29 is 13.9 Å². The number of fused-ring (bicyclic) bond motifs is 2. The summed E-state index contributed by atoms with van der Waals surface area (Å²) >= 11 is 0. The van der Waals surface area contributed by atoms with Crippen molar-refractivity contribution in [3.8, 4) is 5.75 Å². The predicted molar refractivity (Wildman–Crippen MR) is 107 cm³/mol. The lowest BCUT2D eigenvalue weighted by Gasteiger charge is -2.10. The summed E-state index contributed by atoms with van der Waals surface area (Å²) in [5.41, 5.74) is 0.453. The molecule has 148 valence electrons. The van der Waals surface area contributed by atoms with Crippen molar-refractivity contribution in [2.24, 2.45) is 0 Å². The highest BCUT2D eigenvalue weighted by atomic mass is 16.5. The average Bonchev–Trinajstić information content (AvgIpc) is 3.09. The van der Waals surface area contributed by atoms with Crippen LogP contribution < -0.4 is 15.7 Å². The van der Waals surface area contributed by atoms with E-state index in [1.807, 2.05) is 36.7 Å². The van der Waals surface area contributed by atoms with E-state index in [9.17, 15) is 9.59 Å². The third kappa shape index (κ3) is 4.11. The number of hydrogen-bond acceptors (Lipinski definition) is 6. The van der Waals surface area contributed by atoms with Crippen molar-refractivity contribution in [1.82, 2.24) is 19.7 Å². The molecule has 0 aliphatic rings. The quantitative estimate of drug-likeness (QED) is 0.507. The maximum Gasteiger partial charge on any atom is 0.349 e. The second-order valence-corrected chi connectivity index (χ2v) is 6.88. The molecule has 0 aliphatic heterocycles. The van der Waals surface area contributed by atoms with Crippen LogP contribution in [-0.2, 0) is 6.42 Å². The number of amides is 1. The van der Waals surface area contributed by atoms with Crippen LogP contribution in [0.15, 0.2) is 58.1 Å². The highest BCUT2D eigenvalue weighted by Gasteiger charge is 2.14. The Morgan fingerprint density at radius 3 is 2.97 bits per heavy atom. The van der Waals surface area contributed by atoms with Gasteiger partial charge in [-0.2, -0.15) is 0 Å². The summed E-state index contributed by atoms with van der Waals surface area (Å²) in [6, 6.07) is 8.54. The smallest absolute Gasteiger partial charge is 0.349 e. The van der Waals surface area contributed by atoms with Crippen molar-refractivity contribution in [2.45, 2.75) is 26.4 Å². The molecule has 29 heavy (non-hydrogen) atoms. The normalized spacial score (nSPS) is 11.3. The Morgan fingerprint density at radius 1 is 1.31 bits per heavy atom. The van der Waals surface area contributed by atoms with Gasteiger partial charge in [0.15, 0.2) is 0 Å². The van der Waals surface area contributed by atoms with Gasteiger partial charge >= 0.3 is 5.63 Å². The molecule has 8 heteroatoms. The van der Waals surface area contributed by atoms with Crippen LogP contribution in [0.4, 0.5) is 0 Å². The molecule has 0 bridgehead atoms. The number of benzene rings is 1. The monoisotopic (exact) mass is 392 g/mol. The SMILES string of the molecule is CC(C)Oc1ccc2cc(C(=O)NCCc3cn4cccnc4n3)c(=O)oc2c1. The van der Waals surface area contributed by atoms with Gasteiger partial charge in [0.25, 0.3) is 5.91 Å². The molecular formula is C21H20N4O4. The number of carbonyl (C=O) groups excluding carboxylic acids is 1. The summed E-state index contributed by atoms with van der Waals surface area (Å²) in [4.78, 5) is 33.3. The Morgan fingerprint density at radius 2 is 2.17 bits per heavy atom. The fourth-order valence-corrected chi connectivity index (χ4v) is 2.99. The third-order valence-corrected chi connectivity index (χ3v) is 4.28. The molecule has 0 radical (unpaired) electrons. The van der Waals surface area contributed by atoms with Crippen molar-refractivity contribution >= 4 is 22.7 Å². The third-order valence-electron chi connectivity index (χ3n) is 4.28. The van der Waals surface area contributed by atoms with Crippen LogP contribution in [0.25, 0.3) is 16.7 Å². The standard InChI is InChI=1S/C21H20N4O4/c1-13(2)28-16-5-4-14-10-17(20(27)29-18(14)11-16)19(26)22-8-6-15-12-25-9-3-7-23-21(25)24-15/h3-5,7,9-13H,6,8H2,1-2H3,(H,22,26). The van der Waals surface area contributed by atoms with Crippen molar-refractivity contribution in [3.63, 3.8) is 0 Å². The molecule has 0 fully saturated rings. The number of carbonyl (C=O) groups is 1. The topological polar surface area (TPSA) is 98.7 Å². The van der Waals surface area contributed by atoms with Crippen molar-refractivity contribution in [3.05, 3.63) is 70.6 Å². The van der Waals surface area contributed by atoms with Crippen LogP contribution in [0.3, 0.4) is 0 Å². The molecule has 0 aliphatic carbocycles. The van der Waals surface area contributed by atoms with Gasteiger partial charge in [-0.05, 0) is 38.1 Å². The van der Waals surface area contributed by atoms with Gasteiger partial charge in [-0.15, -0.1) is 0 Å². The van der Waals surface area contributed by atoms with E-state index >= 15 is 0 Å². The van der Waals surface area contributed by atoms with Crippen LogP contribution >= 0.6 is 0 Å². The predicted octanol–water partition coefficient (Wildman–Crippen LogP) is 2.60. The van der Waals surface area contributed by atoms with E-state index in [1.54, 1.807) is 24.4 Å². The highest BCUT2D eigenvalue weighted by molar-refractivity contribution is 5.96. The Kier molecular flexibility index (Phi) is 4.99. The van der Waals surface area contributed by atoms with Crippen LogP contribution in [0, 0.1) is 0 Å². The zero-order valence-electron chi connectivity index (χ0n) is 16.1. The van der Waals surface area contributed by atoms with Gasteiger partial charge in [-0.25, -0.2) is 14.8 Å². The summed E-state index contributed by atoms with van der Waals surface area (Å²) in [5, 5.41) is 3.39. The van der Waals surface area contributed by atoms with Gasteiger partial charge in [-0.3, -0.25) is 9.20 Å². The summed E-state index contributed by atoms with van der Waals surface area (Å²) in [6.45, 7) is 4.16. The van der Waals surface area contributed by atoms with E-state index in [4.69, 9.17) is 9.15 Å². The summed E-state index contributed by atoms with van der Waals surface area (Å²) in [7, 11) is 0. The minimum absolute atomic E-state index is 0.00733. The maximum atomic E-state index is 12.5. The number of nitrogens with zero attached hydrogens (tertiary/aromatic N) is 3. The molecule has 3 heterocycles. The van der Waals surface area contributed by atoms with Crippen LogP contribution in [0.1, 0.15) is 29.9 Å². The van der Waals surface area contributed by atoms with Crippen molar-refractivity contribution in [1.29, 1.82) is 0 Å². The minimum atomic E-state index is -0.686. The number of imidazole rings is 1. The van der Waals surface area contributed by atoms with E-state index in [0.717, 1.165) is 5.69 Å². The van der Waals surface area contributed by atoms with E-state index in [0.29, 0.717) is 35.5 Å². The first kappa shape index (κ1) is 18.7. The molecule has 3 aromatic heterocycles. The highest BCUT2D eigenvalue weighted by Crippen LogP contribution is 2.21. The van der Waals surface area contributed by atoms with Gasteiger partial charge < -0.3 is 14.5 Å². The second kappa shape index (κ2) is 7.75. The number of hydrogen-bond donors (Lipinski definition) is 1. The Labute approximate surface area is 166 Å². The van der Waals surface area contributed by atoms with Gasteiger partial charge in [0.1, 0.15) is 16.9 Å². The number of rotatable bonds is 6. The molecule has 4 rings (SSSR count). The van der Waals surface area contributed by atoms with E-state index in [1.165, 1.54) is 6.07 Å². The molecular weight excluding hydrogens is 372 g/mol. The zero-order chi connectivity index (χ0) is 20.4. The Bertz CT molecular complexity index is 1210. The largest absolute Gasteiger partial charge is 0.491 e. The van der Waals surface area contributed by atoms with Gasteiger partial charge in [0.2, 0.25) is 5.78 Å². The van der Waals surface area contributed by atoms with E-state index in [-0.39, 0.29) is 11.7 Å². The molecule has 8 nitrogen and oxygen atoms in total. The molecule has 4 aromatic rings. The molecule has 0 saturated carbocycles. The van der Waals surface area contributed by atoms with Gasteiger partial charge in [-0.1, -0.05) is 0 Å². The molecule has 0 spiro atoms. The van der Waals surface area contributed by atoms with Gasteiger partial charge in [0.05, 0.1) is 11.8 Å². The number of nitrogens with one attached hydrogen (secondary N) is 1. The molecule has 0 saturated heterocycles. The second-order valence-electron chi connectivity index (χ2n) is 6.88. The summed E-state index contributed by atoms with van der Waals surface area (Å²) < 4.78 is 12.7. The van der Waals surface area contributed by atoms with Crippen LogP contribution in [0.2, 0.25) is 0 Å². The lowest BCUT2D eigenvalue weighted by Crippen LogP contribution is -2.30. The first-order chi connectivity index (χ1) is 14.0. The molecule has 1 amide bonds. The van der Waals surface area contributed by atoms with Crippen molar-refractivity contribution in [2.75, 3.05) is 6.54 Å². The van der Waals surface area contributed by atoms with Crippen LogP contribution in [-0.4, -0.2) is 32.9 Å². The van der Waals surface area contributed by atoms with E-state index < -0.39 is 11.5 Å².